The second-order valence-corrected chi connectivity index (χ2v) is 7.61. The number of likely N-dealkylation sites (N-methyl/N-ethyl adjacent to an activating group) is 1. The molecule has 1 N–H and O–H groups in total. The number of carbonyl (C=O) groups is 2. The lowest BCUT2D eigenvalue weighted by Gasteiger charge is -2.32. The summed E-state index contributed by atoms with van der Waals surface area (Å²) in [6.45, 7) is 6.90. The molecule has 0 spiro atoms. The fourth-order valence-electron chi connectivity index (χ4n) is 3.56. The lowest BCUT2D eigenvalue weighted by Crippen LogP contribution is -2.47. The summed E-state index contributed by atoms with van der Waals surface area (Å²) in [5.74, 6) is -0.260. The Bertz CT molecular complexity index is 1080. The molecule has 150 valence electrons. The SMILES string of the molecule is Cc1ccc(C)c(NC(=O)c2nc(C(=O)N3CCN(C)CC3)c3ccccn23)c1. The molecule has 29 heavy (non-hydrogen) atoms. The van der Waals surface area contributed by atoms with E-state index in [9.17, 15) is 9.59 Å². The second-order valence-electron chi connectivity index (χ2n) is 7.61. The van der Waals surface area contributed by atoms with Crippen LogP contribution in [-0.2, 0) is 0 Å². The predicted molar refractivity (Wildman–Crippen MR) is 112 cm³/mol. The number of imidazole rings is 1. The number of piperazine rings is 1. The van der Waals surface area contributed by atoms with E-state index < -0.39 is 0 Å². The number of hydrogen-bond donors (Lipinski definition) is 1. The van der Waals surface area contributed by atoms with Crippen molar-refractivity contribution < 1.29 is 9.59 Å². The summed E-state index contributed by atoms with van der Waals surface area (Å²) in [5, 5.41) is 2.94. The van der Waals surface area contributed by atoms with Gasteiger partial charge in [-0.25, -0.2) is 4.98 Å². The first kappa shape index (κ1) is 19.1. The number of rotatable bonds is 3. The van der Waals surface area contributed by atoms with Crippen molar-refractivity contribution in [1.29, 1.82) is 0 Å². The monoisotopic (exact) mass is 391 g/mol. The number of aryl methyl sites for hydroxylation is 2. The van der Waals surface area contributed by atoms with Gasteiger partial charge >= 0.3 is 0 Å². The molecule has 7 heteroatoms. The van der Waals surface area contributed by atoms with Crippen molar-refractivity contribution in [2.45, 2.75) is 13.8 Å². The summed E-state index contributed by atoms with van der Waals surface area (Å²) in [5.41, 5.74) is 3.74. The Morgan fingerprint density at radius 3 is 2.55 bits per heavy atom. The van der Waals surface area contributed by atoms with Crippen LogP contribution in [0.1, 0.15) is 32.2 Å². The van der Waals surface area contributed by atoms with Gasteiger partial charge in [-0.3, -0.25) is 14.0 Å². The van der Waals surface area contributed by atoms with E-state index >= 15 is 0 Å². The minimum absolute atomic E-state index is 0.132. The highest BCUT2D eigenvalue weighted by molar-refractivity contribution is 6.06. The van der Waals surface area contributed by atoms with E-state index in [0.29, 0.717) is 24.3 Å². The van der Waals surface area contributed by atoms with Crippen LogP contribution in [0.2, 0.25) is 0 Å². The van der Waals surface area contributed by atoms with E-state index in [1.165, 1.54) is 0 Å². The summed E-state index contributed by atoms with van der Waals surface area (Å²) in [4.78, 5) is 34.6. The molecule has 1 aromatic carbocycles. The maximum absolute atomic E-state index is 13.1. The number of pyridine rings is 1. The Labute approximate surface area is 169 Å². The Balaban J connectivity index is 1.68. The van der Waals surface area contributed by atoms with Crippen LogP contribution in [0.3, 0.4) is 0 Å². The van der Waals surface area contributed by atoms with Crippen molar-refractivity contribution in [3.63, 3.8) is 0 Å². The van der Waals surface area contributed by atoms with Gasteiger partial charge in [0.15, 0.2) is 5.69 Å². The topological polar surface area (TPSA) is 70.0 Å². The molecule has 2 aromatic heterocycles. The van der Waals surface area contributed by atoms with E-state index in [-0.39, 0.29) is 17.6 Å². The molecule has 0 atom stereocenters. The van der Waals surface area contributed by atoms with Crippen LogP contribution in [0.5, 0.6) is 0 Å². The maximum Gasteiger partial charge on any atom is 0.292 e. The molecule has 7 nitrogen and oxygen atoms in total. The molecule has 4 rings (SSSR count). The highest BCUT2D eigenvalue weighted by Gasteiger charge is 2.27. The molecule has 1 saturated heterocycles. The largest absolute Gasteiger partial charge is 0.335 e. The van der Waals surface area contributed by atoms with Crippen molar-refractivity contribution in [3.05, 3.63) is 65.2 Å². The van der Waals surface area contributed by atoms with Gasteiger partial charge in [0.1, 0.15) is 0 Å². The van der Waals surface area contributed by atoms with Gasteiger partial charge in [0, 0.05) is 38.1 Å². The van der Waals surface area contributed by atoms with Crippen LogP contribution < -0.4 is 5.32 Å². The zero-order chi connectivity index (χ0) is 20.5. The molecule has 1 aliphatic heterocycles. The molecule has 0 unspecified atom stereocenters. The predicted octanol–water partition coefficient (Wildman–Crippen LogP) is 2.59. The van der Waals surface area contributed by atoms with Crippen molar-refractivity contribution in [1.82, 2.24) is 19.2 Å². The smallest absolute Gasteiger partial charge is 0.292 e. The number of fused-ring (bicyclic) bond motifs is 1. The molecule has 3 aromatic rings. The van der Waals surface area contributed by atoms with Crippen molar-refractivity contribution in [2.75, 3.05) is 38.5 Å². The summed E-state index contributed by atoms with van der Waals surface area (Å²) in [6, 6.07) is 11.4. The Morgan fingerprint density at radius 1 is 1.03 bits per heavy atom. The van der Waals surface area contributed by atoms with Crippen molar-refractivity contribution in [3.8, 4) is 0 Å². The number of anilines is 1. The second kappa shape index (κ2) is 7.67. The molecule has 3 heterocycles. The summed E-state index contributed by atoms with van der Waals surface area (Å²) >= 11 is 0. The third kappa shape index (κ3) is 3.73. The summed E-state index contributed by atoms with van der Waals surface area (Å²) < 4.78 is 1.68. The van der Waals surface area contributed by atoms with Crippen molar-refractivity contribution >= 4 is 23.0 Å². The van der Waals surface area contributed by atoms with Gasteiger partial charge in [-0.2, -0.15) is 0 Å². The van der Waals surface area contributed by atoms with E-state index in [0.717, 1.165) is 29.9 Å². The summed E-state index contributed by atoms with van der Waals surface area (Å²) in [6.07, 6.45) is 1.76. The third-order valence-electron chi connectivity index (χ3n) is 5.39. The summed E-state index contributed by atoms with van der Waals surface area (Å²) in [7, 11) is 2.05. The van der Waals surface area contributed by atoms with E-state index in [2.05, 4.69) is 15.2 Å². The first-order chi connectivity index (χ1) is 13.9. The molecular formula is C22H25N5O2. The first-order valence-corrected chi connectivity index (χ1v) is 9.77. The Morgan fingerprint density at radius 2 is 1.79 bits per heavy atom. The van der Waals surface area contributed by atoms with Gasteiger partial charge < -0.3 is 15.1 Å². The lowest BCUT2D eigenvalue weighted by atomic mass is 10.1. The van der Waals surface area contributed by atoms with Gasteiger partial charge in [0.05, 0.1) is 5.52 Å². The molecule has 1 fully saturated rings. The fourth-order valence-corrected chi connectivity index (χ4v) is 3.56. The normalized spacial score (nSPS) is 14.9. The van der Waals surface area contributed by atoms with Crippen LogP contribution in [0.25, 0.3) is 5.52 Å². The molecule has 0 radical (unpaired) electrons. The first-order valence-electron chi connectivity index (χ1n) is 9.77. The average Bonchev–Trinajstić information content (AvgIpc) is 3.10. The quantitative estimate of drug-likeness (QED) is 0.745. The number of benzene rings is 1. The van der Waals surface area contributed by atoms with Gasteiger partial charge in [0.2, 0.25) is 5.82 Å². The highest BCUT2D eigenvalue weighted by Crippen LogP contribution is 2.20. The Hall–Kier alpha value is -3.19. The molecule has 0 bridgehead atoms. The third-order valence-corrected chi connectivity index (χ3v) is 5.39. The van der Waals surface area contributed by atoms with Gasteiger partial charge in [0.25, 0.3) is 11.8 Å². The highest BCUT2D eigenvalue weighted by atomic mass is 16.2. The number of nitrogens with zero attached hydrogens (tertiary/aromatic N) is 4. The maximum atomic E-state index is 13.1. The number of nitrogens with one attached hydrogen (secondary N) is 1. The zero-order valence-electron chi connectivity index (χ0n) is 17.0. The fraction of sp³-hybridized carbons (Fsp3) is 0.318. The van der Waals surface area contributed by atoms with Crippen LogP contribution in [0.4, 0.5) is 5.69 Å². The molecule has 2 amide bonds. The van der Waals surface area contributed by atoms with Gasteiger partial charge in [-0.05, 0) is 50.2 Å². The minimum atomic E-state index is -0.336. The molecular weight excluding hydrogens is 366 g/mol. The number of carbonyl (C=O) groups excluding carboxylic acids is 2. The zero-order valence-corrected chi connectivity index (χ0v) is 17.0. The van der Waals surface area contributed by atoms with E-state index in [1.807, 2.05) is 62.2 Å². The number of amides is 2. The van der Waals surface area contributed by atoms with Gasteiger partial charge in [-0.15, -0.1) is 0 Å². The van der Waals surface area contributed by atoms with Crippen LogP contribution >= 0.6 is 0 Å². The van der Waals surface area contributed by atoms with Crippen LogP contribution in [-0.4, -0.2) is 64.2 Å². The molecule has 1 aliphatic rings. The Kier molecular flexibility index (Phi) is 5.07. The lowest BCUT2D eigenvalue weighted by molar-refractivity contribution is 0.0661. The van der Waals surface area contributed by atoms with E-state index in [4.69, 9.17) is 0 Å². The van der Waals surface area contributed by atoms with Crippen LogP contribution in [0.15, 0.2) is 42.6 Å². The number of aromatic nitrogens is 2. The van der Waals surface area contributed by atoms with E-state index in [1.54, 1.807) is 10.6 Å². The van der Waals surface area contributed by atoms with Crippen molar-refractivity contribution in [2.24, 2.45) is 0 Å². The average molecular weight is 391 g/mol. The van der Waals surface area contributed by atoms with Gasteiger partial charge in [-0.1, -0.05) is 18.2 Å². The van der Waals surface area contributed by atoms with Crippen LogP contribution in [0, 0.1) is 13.8 Å². The standard InChI is InChI=1S/C22H25N5O2/c1-15-7-8-16(2)17(14-15)23-21(28)20-24-19(18-6-4-5-9-27(18)20)22(29)26-12-10-25(3)11-13-26/h4-9,14H,10-13H2,1-3H3,(H,23,28). The molecule has 0 saturated carbocycles. The number of hydrogen-bond acceptors (Lipinski definition) is 4. The molecule has 0 aliphatic carbocycles. The minimum Gasteiger partial charge on any atom is -0.335 e.